The molecule has 9 heteroatoms. The van der Waals surface area contributed by atoms with Gasteiger partial charge in [0.1, 0.15) is 11.4 Å². The summed E-state index contributed by atoms with van der Waals surface area (Å²) in [4.78, 5) is 18.8. The lowest BCUT2D eigenvalue weighted by molar-refractivity contribution is -0.131. The van der Waals surface area contributed by atoms with Crippen LogP contribution in [0.2, 0.25) is 0 Å². The van der Waals surface area contributed by atoms with Crippen LogP contribution in [0, 0.1) is 17.7 Å². The number of piperidine rings is 1. The van der Waals surface area contributed by atoms with Crippen LogP contribution in [0.15, 0.2) is 34.2 Å². The molecule has 0 spiro atoms. The lowest BCUT2D eigenvalue weighted by atomic mass is 9.90. The van der Waals surface area contributed by atoms with Crippen LogP contribution in [0.3, 0.4) is 0 Å². The number of rotatable bonds is 6. The Hall–Kier alpha value is -2.00. The average Bonchev–Trinajstić information content (AvgIpc) is 2.84. The molecular formula is C20H29FN4O3S. The smallest absolute Gasteiger partial charge is 0.257 e. The molecule has 1 aromatic carbocycles. The molecule has 160 valence electrons. The summed E-state index contributed by atoms with van der Waals surface area (Å²) in [7, 11) is -3.72. The van der Waals surface area contributed by atoms with Crippen molar-refractivity contribution < 1.29 is 17.6 Å². The quantitative estimate of drug-likeness (QED) is 0.757. The van der Waals surface area contributed by atoms with Crippen molar-refractivity contribution in [2.45, 2.75) is 50.5 Å². The predicted octanol–water partition coefficient (Wildman–Crippen LogP) is 2.19. The van der Waals surface area contributed by atoms with Crippen LogP contribution in [0.5, 0.6) is 0 Å². The second kappa shape index (κ2) is 8.02. The molecule has 2 aliphatic rings. The molecular weight excluding hydrogens is 395 g/mol. The first-order valence-electron chi connectivity index (χ1n) is 9.96. The molecule has 0 saturated carbocycles. The average molecular weight is 425 g/mol. The number of amides is 1. The van der Waals surface area contributed by atoms with Crippen molar-refractivity contribution in [1.29, 1.82) is 0 Å². The van der Waals surface area contributed by atoms with Gasteiger partial charge in [-0.3, -0.25) is 9.69 Å². The zero-order valence-electron chi connectivity index (χ0n) is 17.1. The molecule has 1 atom stereocenters. The van der Waals surface area contributed by atoms with Gasteiger partial charge in [0.25, 0.3) is 5.91 Å². The molecule has 29 heavy (non-hydrogen) atoms. The van der Waals surface area contributed by atoms with Gasteiger partial charge < -0.3 is 5.73 Å². The molecule has 2 heterocycles. The number of hydrogen-bond acceptors (Lipinski definition) is 5. The lowest BCUT2D eigenvalue weighted by Gasteiger charge is -2.33. The summed E-state index contributed by atoms with van der Waals surface area (Å²) in [6.45, 7) is 6.99. The Morgan fingerprint density at radius 3 is 2.55 bits per heavy atom. The van der Waals surface area contributed by atoms with Gasteiger partial charge in [0.15, 0.2) is 5.96 Å². The topological polar surface area (TPSA) is 96.1 Å². The van der Waals surface area contributed by atoms with Crippen LogP contribution in [-0.2, 0) is 14.8 Å². The van der Waals surface area contributed by atoms with E-state index < -0.39 is 21.4 Å². The monoisotopic (exact) mass is 424 g/mol. The van der Waals surface area contributed by atoms with Gasteiger partial charge in [-0.15, -0.1) is 0 Å². The molecule has 0 aromatic heterocycles. The van der Waals surface area contributed by atoms with Crippen molar-refractivity contribution in [3.05, 3.63) is 30.1 Å². The highest BCUT2D eigenvalue weighted by atomic mass is 32.2. The van der Waals surface area contributed by atoms with E-state index in [0.29, 0.717) is 44.8 Å². The summed E-state index contributed by atoms with van der Waals surface area (Å²) in [5.41, 5.74) is 5.22. The number of nitrogens with zero attached hydrogens (tertiary/aromatic N) is 3. The number of benzene rings is 1. The van der Waals surface area contributed by atoms with E-state index in [9.17, 15) is 17.6 Å². The summed E-state index contributed by atoms with van der Waals surface area (Å²) >= 11 is 0. The number of guanidine groups is 1. The zero-order chi connectivity index (χ0) is 21.4. The SMILES string of the molecule is CC(C)CC1(C)N=C(N)N(CC2CCN(S(=O)(=O)c3cccc(F)c3)CC2)C1=O. The molecule has 0 aliphatic carbocycles. The third-order valence-corrected chi connectivity index (χ3v) is 7.49. The van der Waals surface area contributed by atoms with E-state index in [1.807, 2.05) is 20.8 Å². The third-order valence-electron chi connectivity index (χ3n) is 5.60. The maximum absolute atomic E-state index is 13.4. The molecule has 2 aliphatic heterocycles. The lowest BCUT2D eigenvalue weighted by Crippen LogP contribution is -2.47. The van der Waals surface area contributed by atoms with Gasteiger partial charge in [-0.25, -0.2) is 17.8 Å². The highest BCUT2D eigenvalue weighted by Gasteiger charge is 2.45. The van der Waals surface area contributed by atoms with Gasteiger partial charge in [0.05, 0.1) is 4.90 Å². The molecule has 1 saturated heterocycles. The fraction of sp³-hybridized carbons (Fsp3) is 0.600. The number of carbonyl (C=O) groups excluding carboxylic acids is 1. The molecule has 1 amide bonds. The number of sulfonamides is 1. The Bertz CT molecular complexity index is 910. The fourth-order valence-corrected chi connectivity index (χ4v) is 5.73. The minimum Gasteiger partial charge on any atom is -0.369 e. The van der Waals surface area contributed by atoms with E-state index in [1.165, 1.54) is 22.5 Å². The maximum Gasteiger partial charge on any atom is 0.257 e. The summed E-state index contributed by atoms with van der Waals surface area (Å²) in [6, 6.07) is 5.05. The summed E-state index contributed by atoms with van der Waals surface area (Å²) < 4.78 is 40.3. The second-order valence-electron chi connectivity index (χ2n) is 8.56. The number of halogens is 1. The summed E-state index contributed by atoms with van der Waals surface area (Å²) in [5.74, 6) is 0.0315. The van der Waals surface area contributed by atoms with Crippen molar-refractivity contribution in [2.24, 2.45) is 22.6 Å². The zero-order valence-corrected chi connectivity index (χ0v) is 18.0. The molecule has 2 N–H and O–H groups in total. The van der Waals surface area contributed by atoms with Gasteiger partial charge in [-0.1, -0.05) is 19.9 Å². The molecule has 0 radical (unpaired) electrons. The third kappa shape index (κ3) is 4.45. The van der Waals surface area contributed by atoms with E-state index in [4.69, 9.17) is 5.73 Å². The number of carbonyl (C=O) groups is 1. The normalized spacial score (nSPS) is 24.4. The molecule has 3 rings (SSSR count). The number of nitrogens with two attached hydrogens (primary N) is 1. The van der Waals surface area contributed by atoms with E-state index in [0.717, 1.165) is 6.07 Å². The van der Waals surface area contributed by atoms with Crippen LogP contribution in [0.4, 0.5) is 4.39 Å². The van der Waals surface area contributed by atoms with Crippen LogP contribution < -0.4 is 5.73 Å². The van der Waals surface area contributed by atoms with Crippen LogP contribution in [-0.4, -0.2) is 54.7 Å². The maximum atomic E-state index is 13.4. The number of aliphatic imine (C=N–C) groups is 1. The number of hydrogen-bond donors (Lipinski definition) is 1. The Balaban J connectivity index is 1.62. The molecule has 1 unspecified atom stereocenters. The van der Waals surface area contributed by atoms with E-state index in [2.05, 4.69) is 4.99 Å². The molecule has 7 nitrogen and oxygen atoms in total. The molecule has 1 fully saturated rings. The first-order chi connectivity index (χ1) is 13.5. The van der Waals surface area contributed by atoms with E-state index in [1.54, 1.807) is 4.90 Å². The van der Waals surface area contributed by atoms with Gasteiger partial charge in [0.2, 0.25) is 10.0 Å². The largest absolute Gasteiger partial charge is 0.369 e. The van der Waals surface area contributed by atoms with Gasteiger partial charge in [0, 0.05) is 19.6 Å². The standard InChI is InChI=1S/C20H29FN4O3S/c1-14(2)12-20(3)18(26)25(19(22)23-20)13-15-7-9-24(10-8-15)29(27,28)17-6-4-5-16(21)11-17/h4-6,11,14-15H,7-10,12-13H2,1-3H3,(H2,22,23). The summed E-state index contributed by atoms with van der Waals surface area (Å²) in [6.07, 6.45) is 1.84. The van der Waals surface area contributed by atoms with E-state index >= 15 is 0 Å². The van der Waals surface area contributed by atoms with Gasteiger partial charge in [-0.2, -0.15) is 4.31 Å². The van der Waals surface area contributed by atoms with Crippen molar-refractivity contribution in [3.63, 3.8) is 0 Å². The summed E-state index contributed by atoms with van der Waals surface area (Å²) in [5, 5.41) is 0. The predicted molar refractivity (Wildman–Crippen MR) is 109 cm³/mol. The Labute approximate surface area is 171 Å². The second-order valence-corrected chi connectivity index (χ2v) is 10.5. The highest BCUT2D eigenvalue weighted by Crippen LogP contribution is 2.31. The highest BCUT2D eigenvalue weighted by molar-refractivity contribution is 7.89. The van der Waals surface area contributed by atoms with Gasteiger partial charge >= 0.3 is 0 Å². The van der Waals surface area contributed by atoms with Crippen LogP contribution >= 0.6 is 0 Å². The first kappa shape index (κ1) is 21.7. The van der Waals surface area contributed by atoms with Crippen molar-refractivity contribution >= 4 is 21.9 Å². The molecule has 0 bridgehead atoms. The first-order valence-corrected chi connectivity index (χ1v) is 11.4. The van der Waals surface area contributed by atoms with Crippen molar-refractivity contribution in [3.8, 4) is 0 Å². The van der Waals surface area contributed by atoms with E-state index in [-0.39, 0.29) is 22.7 Å². The van der Waals surface area contributed by atoms with Crippen molar-refractivity contribution in [1.82, 2.24) is 9.21 Å². The Kier molecular flexibility index (Phi) is 6.01. The minimum atomic E-state index is -3.72. The van der Waals surface area contributed by atoms with Crippen molar-refractivity contribution in [2.75, 3.05) is 19.6 Å². The van der Waals surface area contributed by atoms with Crippen LogP contribution in [0.1, 0.15) is 40.0 Å². The fourth-order valence-electron chi connectivity index (χ4n) is 4.23. The van der Waals surface area contributed by atoms with Crippen LogP contribution in [0.25, 0.3) is 0 Å². The minimum absolute atomic E-state index is 0.0356. The Morgan fingerprint density at radius 1 is 1.31 bits per heavy atom. The van der Waals surface area contributed by atoms with Gasteiger partial charge in [-0.05, 0) is 56.2 Å². The Morgan fingerprint density at radius 2 is 1.97 bits per heavy atom. The molecule has 1 aromatic rings.